The lowest BCUT2D eigenvalue weighted by Gasteiger charge is -2.21. The van der Waals surface area contributed by atoms with Crippen molar-refractivity contribution in [3.8, 4) is 0 Å². The number of rotatable bonds is 5. The van der Waals surface area contributed by atoms with Crippen molar-refractivity contribution in [2.75, 3.05) is 0 Å². The van der Waals surface area contributed by atoms with Crippen molar-refractivity contribution in [2.45, 2.75) is 52.0 Å². The van der Waals surface area contributed by atoms with Crippen molar-refractivity contribution in [3.05, 3.63) is 0 Å². The molecule has 0 aromatic rings. The molecule has 0 amide bonds. The standard InChI is InChI=1S/C12H23N3S/c1-3-8(4-2)7-9-10(15-12(13)14)5-6-11(9)16/h8-10H,3-7H2,1-2H3,(H4,13,14,15). The van der Waals surface area contributed by atoms with Crippen LogP contribution in [-0.4, -0.2) is 16.9 Å². The Kier molecular flexibility index (Phi) is 5.19. The number of aliphatic imine (C=N–C) groups is 1. The second-order valence-electron chi connectivity index (χ2n) is 4.65. The molecule has 4 N–H and O–H groups in total. The predicted octanol–water partition coefficient (Wildman–Crippen LogP) is 2.23. The van der Waals surface area contributed by atoms with Crippen molar-refractivity contribution in [1.82, 2.24) is 0 Å². The van der Waals surface area contributed by atoms with Crippen LogP contribution in [0.5, 0.6) is 0 Å². The molecular formula is C12H23N3S. The molecule has 1 aliphatic carbocycles. The van der Waals surface area contributed by atoms with Gasteiger partial charge in [-0.25, -0.2) is 4.99 Å². The van der Waals surface area contributed by atoms with Gasteiger partial charge in [0.05, 0.1) is 6.04 Å². The minimum atomic E-state index is 0.198. The molecular weight excluding hydrogens is 218 g/mol. The third-order valence-electron chi connectivity index (χ3n) is 3.62. The van der Waals surface area contributed by atoms with Gasteiger partial charge in [-0.1, -0.05) is 38.9 Å². The van der Waals surface area contributed by atoms with Crippen LogP contribution in [0, 0.1) is 11.8 Å². The summed E-state index contributed by atoms with van der Waals surface area (Å²) in [6.07, 6.45) is 5.59. The lowest BCUT2D eigenvalue weighted by molar-refractivity contribution is 0.383. The van der Waals surface area contributed by atoms with Gasteiger partial charge in [-0.2, -0.15) is 0 Å². The molecule has 0 aromatic carbocycles. The molecule has 0 aliphatic heterocycles. The van der Waals surface area contributed by atoms with E-state index >= 15 is 0 Å². The fourth-order valence-corrected chi connectivity index (χ4v) is 2.88. The minimum absolute atomic E-state index is 0.198. The monoisotopic (exact) mass is 241 g/mol. The highest BCUT2D eigenvalue weighted by Gasteiger charge is 2.32. The first-order chi connectivity index (χ1) is 7.58. The van der Waals surface area contributed by atoms with Crippen LogP contribution >= 0.6 is 12.2 Å². The van der Waals surface area contributed by atoms with Gasteiger partial charge in [-0.3, -0.25) is 0 Å². The van der Waals surface area contributed by atoms with Crippen LogP contribution in [0.2, 0.25) is 0 Å². The molecule has 16 heavy (non-hydrogen) atoms. The van der Waals surface area contributed by atoms with E-state index in [1.807, 2.05) is 0 Å². The van der Waals surface area contributed by atoms with Crippen molar-refractivity contribution in [1.29, 1.82) is 0 Å². The molecule has 1 saturated carbocycles. The highest BCUT2D eigenvalue weighted by Crippen LogP contribution is 2.33. The van der Waals surface area contributed by atoms with Crippen LogP contribution in [0.1, 0.15) is 46.0 Å². The van der Waals surface area contributed by atoms with Crippen molar-refractivity contribution in [2.24, 2.45) is 28.3 Å². The van der Waals surface area contributed by atoms with Gasteiger partial charge in [0.25, 0.3) is 0 Å². The first kappa shape index (κ1) is 13.4. The predicted molar refractivity (Wildman–Crippen MR) is 73.6 cm³/mol. The number of guanidine groups is 1. The molecule has 0 bridgehead atoms. The van der Waals surface area contributed by atoms with Gasteiger partial charge in [0.1, 0.15) is 0 Å². The number of nitrogens with zero attached hydrogens (tertiary/aromatic N) is 1. The molecule has 4 heteroatoms. The summed E-state index contributed by atoms with van der Waals surface area (Å²) in [4.78, 5) is 5.48. The zero-order valence-corrected chi connectivity index (χ0v) is 11.1. The van der Waals surface area contributed by atoms with Gasteiger partial charge in [0, 0.05) is 5.92 Å². The normalized spacial score (nSPS) is 25.1. The maximum absolute atomic E-state index is 5.46. The second-order valence-corrected chi connectivity index (χ2v) is 5.18. The fourth-order valence-electron chi connectivity index (χ4n) is 2.51. The van der Waals surface area contributed by atoms with Gasteiger partial charge in [-0.15, -0.1) is 0 Å². The molecule has 1 fully saturated rings. The van der Waals surface area contributed by atoms with E-state index in [0.717, 1.165) is 25.2 Å². The van der Waals surface area contributed by atoms with E-state index in [9.17, 15) is 0 Å². The van der Waals surface area contributed by atoms with Crippen molar-refractivity contribution in [3.63, 3.8) is 0 Å². The maximum atomic E-state index is 5.46. The number of hydrogen-bond donors (Lipinski definition) is 2. The fraction of sp³-hybridized carbons (Fsp3) is 0.833. The summed E-state index contributed by atoms with van der Waals surface area (Å²) in [6, 6.07) is 0.234. The Morgan fingerprint density at radius 3 is 2.56 bits per heavy atom. The van der Waals surface area contributed by atoms with Gasteiger partial charge < -0.3 is 11.5 Å². The number of hydrogen-bond acceptors (Lipinski definition) is 2. The Labute approximate surface area is 104 Å². The molecule has 3 nitrogen and oxygen atoms in total. The highest BCUT2D eigenvalue weighted by atomic mass is 32.1. The Bertz CT molecular complexity index is 267. The Balaban J connectivity index is 2.66. The molecule has 1 aliphatic rings. The third kappa shape index (κ3) is 3.44. The Hall–Kier alpha value is -0.640. The Morgan fingerprint density at radius 2 is 2.06 bits per heavy atom. The van der Waals surface area contributed by atoms with Crippen LogP contribution in [0.25, 0.3) is 0 Å². The van der Waals surface area contributed by atoms with Crippen LogP contribution in [0.4, 0.5) is 0 Å². The lowest BCUT2D eigenvalue weighted by Crippen LogP contribution is -2.28. The summed E-state index contributed by atoms with van der Waals surface area (Å²) < 4.78 is 0. The van der Waals surface area contributed by atoms with Crippen LogP contribution in [-0.2, 0) is 0 Å². The second kappa shape index (κ2) is 6.18. The van der Waals surface area contributed by atoms with Gasteiger partial charge in [-0.05, 0) is 30.0 Å². The molecule has 0 saturated heterocycles. The van der Waals surface area contributed by atoms with E-state index in [-0.39, 0.29) is 12.0 Å². The van der Waals surface area contributed by atoms with E-state index in [1.54, 1.807) is 0 Å². The quantitative estimate of drug-likeness (QED) is 0.441. The number of thiocarbonyl (C=S) groups is 1. The van der Waals surface area contributed by atoms with E-state index < -0.39 is 0 Å². The van der Waals surface area contributed by atoms with Crippen LogP contribution in [0.3, 0.4) is 0 Å². The third-order valence-corrected chi connectivity index (χ3v) is 4.13. The Morgan fingerprint density at radius 1 is 1.44 bits per heavy atom. The molecule has 0 aromatic heterocycles. The largest absolute Gasteiger partial charge is 0.370 e. The summed E-state index contributed by atoms with van der Waals surface area (Å²) in [5.74, 6) is 1.36. The molecule has 0 heterocycles. The van der Waals surface area contributed by atoms with E-state index in [1.165, 1.54) is 17.7 Å². The minimum Gasteiger partial charge on any atom is -0.370 e. The summed E-state index contributed by atoms with van der Waals surface area (Å²) in [6.45, 7) is 4.48. The van der Waals surface area contributed by atoms with Crippen LogP contribution in [0.15, 0.2) is 4.99 Å². The van der Waals surface area contributed by atoms with E-state index in [4.69, 9.17) is 23.7 Å². The van der Waals surface area contributed by atoms with Gasteiger partial charge in [0.2, 0.25) is 0 Å². The van der Waals surface area contributed by atoms with Gasteiger partial charge in [0.15, 0.2) is 5.96 Å². The van der Waals surface area contributed by atoms with Crippen molar-refractivity contribution >= 4 is 23.0 Å². The molecule has 92 valence electrons. The summed E-state index contributed by atoms with van der Waals surface area (Å²) >= 11 is 5.43. The average molecular weight is 241 g/mol. The van der Waals surface area contributed by atoms with Crippen LogP contribution < -0.4 is 11.5 Å². The lowest BCUT2D eigenvalue weighted by atomic mass is 9.88. The zero-order chi connectivity index (χ0) is 12.1. The topological polar surface area (TPSA) is 64.4 Å². The first-order valence-corrected chi connectivity index (χ1v) is 6.60. The number of nitrogens with two attached hydrogens (primary N) is 2. The van der Waals surface area contributed by atoms with Gasteiger partial charge >= 0.3 is 0 Å². The maximum Gasteiger partial charge on any atom is 0.186 e. The zero-order valence-electron chi connectivity index (χ0n) is 10.3. The SMILES string of the molecule is CCC(CC)CC1C(=S)CCC1N=C(N)N. The van der Waals surface area contributed by atoms with Crippen molar-refractivity contribution < 1.29 is 0 Å². The molecule has 2 atom stereocenters. The summed E-state index contributed by atoms with van der Waals surface area (Å²) in [7, 11) is 0. The summed E-state index contributed by atoms with van der Waals surface area (Å²) in [5, 5.41) is 0. The van der Waals surface area contributed by atoms with E-state index in [0.29, 0.717) is 5.92 Å². The molecule has 0 spiro atoms. The molecule has 0 radical (unpaired) electrons. The molecule has 1 rings (SSSR count). The molecule has 2 unspecified atom stereocenters. The smallest absolute Gasteiger partial charge is 0.186 e. The summed E-state index contributed by atoms with van der Waals surface area (Å²) in [5.41, 5.74) is 10.9. The van der Waals surface area contributed by atoms with E-state index in [2.05, 4.69) is 18.8 Å². The highest BCUT2D eigenvalue weighted by molar-refractivity contribution is 7.80. The average Bonchev–Trinajstić information content (AvgIpc) is 2.56. The first-order valence-electron chi connectivity index (χ1n) is 6.19.